The van der Waals surface area contributed by atoms with Crippen LogP contribution in [0.4, 0.5) is 0 Å². The number of nitrogens with one attached hydrogen (secondary N) is 1. The second kappa shape index (κ2) is 6.87. The molecule has 0 radical (unpaired) electrons. The van der Waals surface area contributed by atoms with Crippen molar-refractivity contribution in [1.29, 1.82) is 5.26 Å². The molecule has 0 atom stereocenters. The molecule has 0 aliphatic carbocycles. The van der Waals surface area contributed by atoms with E-state index in [1.807, 2.05) is 6.07 Å². The normalized spacial score (nSPS) is 10.1. The molecule has 0 spiro atoms. The highest BCUT2D eigenvalue weighted by Gasteiger charge is 2.04. The lowest BCUT2D eigenvalue weighted by Gasteiger charge is -2.02. The predicted molar refractivity (Wildman–Crippen MR) is 79.2 cm³/mol. The standard InChI is InChI=1S/C16H13N3O2/c1-21-15-4-2-3-14(9-15)16(20)19-18-11-13-7-5-12(10-17)6-8-13/h2-9,11H,1H3,(H,19,20)/b18-11+. The summed E-state index contributed by atoms with van der Waals surface area (Å²) >= 11 is 0. The molecule has 2 aromatic carbocycles. The maximum atomic E-state index is 11.9. The van der Waals surface area contributed by atoms with E-state index in [9.17, 15) is 4.79 Å². The number of benzene rings is 2. The average molecular weight is 279 g/mol. The van der Waals surface area contributed by atoms with Gasteiger partial charge < -0.3 is 4.74 Å². The van der Waals surface area contributed by atoms with Crippen LogP contribution in [0.5, 0.6) is 5.75 Å². The third kappa shape index (κ3) is 3.91. The molecule has 104 valence electrons. The van der Waals surface area contributed by atoms with Crippen molar-refractivity contribution in [3.05, 3.63) is 65.2 Å². The molecule has 0 saturated carbocycles. The molecule has 0 fully saturated rings. The third-order valence-electron chi connectivity index (χ3n) is 2.75. The second-order valence-corrected chi connectivity index (χ2v) is 4.16. The van der Waals surface area contributed by atoms with E-state index in [1.54, 1.807) is 55.6 Å². The first-order valence-electron chi connectivity index (χ1n) is 6.20. The van der Waals surface area contributed by atoms with Gasteiger partial charge in [0.2, 0.25) is 0 Å². The predicted octanol–water partition coefficient (Wildman–Crippen LogP) is 2.33. The number of nitrogens with zero attached hydrogens (tertiary/aromatic N) is 2. The van der Waals surface area contributed by atoms with Crippen LogP contribution >= 0.6 is 0 Å². The molecule has 1 amide bonds. The Balaban J connectivity index is 1.99. The third-order valence-corrected chi connectivity index (χ3v) is 2.75. The molecule has 1 N–H and O–H groups in total. The van der Waals surface area contributed by atoms with Crippen molar-refractivity contribution in [2.24, 2.45) is 5.10 Å². The largest absolute Gasteiger partial charge is 0.497 e. The maximum Gasteiger partial charge on any atom is 0.271 e. The Hall–Kier alpha value is -3.13. The molecular formula is C16H13N3O2. The van der Waals surface area contributed by atoms with Crippen LogP contribution in [-0.4, -0.2) is 19.2 Å². The average Bonchev–Trinajstić information content (AvgIpc) is 2.55. The summed E-state index contributed by atoms with van der Waals surface area (Å²) in [5.41, 5.74) is 4.27. The van der Waals surface area contributed by atoms with Crippen molar-refractivity contribution in [3.8, 4) is 11.8 Å². The Bertz CT molecular complexity index is 700. The summed E-state index contributed by atoms with van der Waals surface area (Å²) < 4.78 is 5.06. The molecule has 0 bridgehead atoms. The van der Waals surface area contributed by atoms with Crippen molar-refractivity contribution >= 4 is 12.1 Å². The summed E-state index contributed by atoms with van der Waals surface area (Å²) in [6, 6.07) is 15.7. The quantitative estimate of drug-likeness (QED) is 0.689. The van der Waals surface area contributed by atoms with E-state index in [4.69, 9.17) is 10.00 Å². The molecule has 0 aliphatic rings. The SMILES string of the molecule is COc1cccc(C(=O)N/N=C/c2ccc(C#N)cc2)c1. The molecule has 5 nitrogen and oxygen atoms in total. The summed E-state index contributed by atoms with van der Waals surface area (Å²) in [5.74, 6) is 0.289. The Kier molecular flexibility index (Phi) is 4.67. The van der Waals surface area contributed by atoms with Gasteiger partial charge >= 0.3 is 0 Å². The number of hydrogen-bond donors (Lipinski definition) is 1. The molecule has 2 aromatic rings. The van der Waals surface area contributed by atoms with Crippen molar-refractivity contribution in [2.75, 3.05) is 7.11 Å². The Labute approximate surface area is 122 Å². The highest BCUT2D eigenvalue weighted by molar-refractivity contribution is 5.95. The van der Waals surface area contributed by atoms with Crippen LogP contribution in [0.1, 0.15) is 21.5 Å². The monoisotopic (exact) mass is 279 g/mol. The number of ether oxygens (including phenoxy) is 1. The lowest BCUT2D eigenvalue weighted by Crippen LogP contribution is -2.17. The molecule has 0 heterocycles. The molecule has 2 rings (SSSR count). The maximum absolute atomic E-state index is 11.9. The van der Waals surface area contributed by atoms with Gasteiger partial charge in [-0.1, -0.05) is 18.2 Å². The van der Waals surface area contributed by atoms with E-state index in [-0.39, 0.29) is 5.91 Å². The number of hydrazone groups is 1. The number of nitriles is 1. The highest BCUT2D eigenvalue weighted by Crippen LogP contribution is 2.12. The minimum atomic E-state index is -0.321. The molecule has 0 aliphatic heterocycles. The first-order chi connectivity index (χ1) is 10.2. The zero-order valence-electron chi connectivity index (χ0n) is 11.4. The van der Waals surface area contributed by atoms with Gasteiger partial charge in [-0.3, -0.25) is 4.79 Å². The van der Waals surface area contributed by atoms with Crippen LogP contribution in [0.2, 0.25) is 0 Å². The number of amides is 1. The summed E-state index contributed by atoms with van der Waals surface area (Å²) in [4.78, 5) is 11.9. The Morgan fingerprint density at radius 1 is 1.29 bits per heavy atom. The fraction of sp³-hybridized carbons (Fsp3) is 0.0625. The van der Waals surface area contributed by atoms with E-state index in [2.05, 4.69) is 10.5 Å². The van der Waals surface area contributed by atoms with Gasteiger partial charge in [0.05, 0.1) is 25.0 Å². The number of methoxy groups -OCH3 is 1. The summed E-state index contributed by atoms with van der Waals surface area (Å²) in [6.45, 7) is 0. The van der Waals surface area contributed by atoms with Crippen LogP contribution in [0.15, 0.2) is 53.6 Å². The topological polar surface area (TPSA) is 74.5 Å². The van der Waals surface area contributed by atoms with Crippen molar-refractivity contribution in [3.63, 3.8) is 0 Å². The van der Waals surface area contributed by atoms with Crippen LogP contribution in [0.3, 0.4) is 0 Å². The minimum Gasteiger partial charge on any atom is -0.497 e. The second-order valence-electron chi connectivity index (χ2n) is 4.16. The van der Waals surface area contributed by atoms with E-state index < -0.39 is 0 Å². The van der Waals surface area contributed by atoms with Crippen molar-refractivity contribution in [1.82, 2.24) is 5.43 Å². The molecule has 0 saturated heterocycles. The molecule has 0 unspecified atom stereocenters. The fourth-order valence-corrected chi connectivity index (χ4v) is 1.64. The van der Waals surface area contributed by atoms with Gasteiger partial charge in [-0.05, 0) is 35.9 Å². The Morgan fingerprint density at radius 2 is 2.05 bits per heavy atom. The van der Waals surface area contributed by atoms with Gasteiger partial charge in [0, 0.05) is 5.56 Å². The van der Waals surface area contributed by atoms with Gasteiger partial charge in [0.15, 0.2) is 0 Å². The molecule has 0 aromatic heterocycles. The molecular weight excluding hydrogens is 266 g/mol. The number of carbonyl (C=O) groups is 1. The summed E-state index contributed by atoms with van der Waals surface area (Å²) in [7, 11) is 1.54. The molecule has 21 heavy (non-hydrogen) atoms. The lowest BCUT2D eigenvalue weighted by molar-refractivity contribution is 0.0955. The van der Waals surface area contributed by atoms with Gasteiger partial charge in [0.25, 0.3) is 5.91 Å². The Morgan fingerprint density at radius 3 is 2.71 bits per heavy atom. The number of hydrogen-bond acceptors (Lipinski definition) is 4. The first kappa shape index (κ1) is 14.3. The first-order valence-corrected chi connectivity index (χ1v) is 6.20. The lowest BCUT2D eigenvalue weighted by atomic mass is 10.2. The fourth-order valence-electron chi connectivity index (χ4n) is 1.64. The van der Waals surface area contributed by atoms with Crippen molar-refractivity contribution < 1.29 is 9.53 Å². The summed E-state index contributed by atoms with van der Waals surface area (Å²) in [5, 5.41) is 12.6. The minimum absolute atomic E-state index is 0.321. The molecule has 5 heteroatoms. The summed E-state index contributed by atoms with van der Waals surface area (Å²) in [6.07, 6.45) is 1.51. The van der Waals surface area contributed by atoms with Crippen LogP contribution in [0, 0.1) is 11.3 Å². The van der Waals surface area contributed by atoms with Crippen molar-refractivity contribution in [2.45, 2.75) is 0 Å². The van der Waals surface area contributed by atoms with Gasteiger partial charge in [-0.2, -0.15) is 10.4 Å². The van der Waals surface area contributed by atoms with Gasteiger partial charge in [0.1, 0.15) is 5.75 Å². The number of carbonyl (C=O) groups excluding carboxylic acids is 1. The van der Waals surface area contributed by atoms with E-state index in [0.717, 1.165) is 5.56 Å². The zero-order chi connectivity index (χ0) is 15.1. The van der Waals surface area contributed by atoms with E-state index in [1.165, 1.54) is 6.21 Å². The van der Waals surface area contributed by atoms with Gasteiger partial charge in [-0.25, -0.2) is 5.43 Å². The highest BCUT2D eigenvalue weighted by atomic mass is 16.5. The van der Waals surface area contributed by atoms with Crippen LogP contribution in [0.25, 0.3) is 0 Å². The van der Waals surface area contributed by atoms with E-state index >= 15 is 0 Å². The van der Waals surface area contributed by atoms with Crippen LogP contribution < -0.4 is 10.2 Å². The zero-order valence-corrected chi connectivity index (χ0v) is 11.4. The number of rotatable bonds is 4. The van der Waals surface area contributed by atoms with E-state index in [0.29, 0.717) is 16.9 Å². The van der Waals surface area contributed by atoms with Gasteiger partial charge in [-0.15, -0.1) is 0 Å². The van der Waals surface area contributed by atoms with Crippen LogP contribution in [-0.2, 0) is 0 Å². The smallest absolute Gasteiger partial charge is 0.271 e.